The van der Waals surface area contributed by atoms with Crippen LogP contribution in [-0.4, -0.2) is 26.8 Å². The quantitative estimate of drug-likeness (QED) is 0.421. The van der Waals surface area contributed by atoms with E-state index in [1.807, 2.05) is 6.92 Å². The summed E-state index contributed by atoms with van der Waals surface area (Å²) in [5.74, 6) is 0.680. The Morgan fingerprint density at radius 1 is 1.41 bits per heavy atom. The summed E-state index contributed by atoms with van der Waals surface area (Å²) in [5, 5.41) is 4.25. The minimum Gasteiger partial charge on any atom is -0.352 e. The standard InChI is InChI=1S/C22H29N3O2S2/c1-4-11-25-21(27)18-16-10-9-13(2)12-17(16)29-20(18)24-22(25)28-14(3)19(26)23-15-7-5-6-8-15/h4,13-15H,1,5-12H2,2-3H3,(H,23,26)/t13-,14+/m1/s1. The van der Waals surface area contributed by atoms with Crippen molar-refractivity contribution in [2.24, 2.45) is 5.92 Å². The number of aromatic nitrogens is 2. The van der Waals surface area contributed by atoms with Crippen LogP contribution in [0.3, 0.4) is 0 Å². The highest BCUT2D eigenvalue weighted by atomic mass is 32.2. The Morgan fingerprint density at radius 3 is 2.90 bits per heavy atom. The lowest BCUT2D eigenvalue weighted by atomic mass is 9.89. The summed E-state index contributed by atoms with van der Waals surface area (Å²) in [5.41, 5.74) is 1.20. The summed E-state index contributed by atoms with van der Waals surface area (Å²) in [6, 6.07) is 0.294. The van der Waals surface area contributed by atoms with Crippen molar-refractivity contribution in [2.75, 3.05) is 0 Å². The second-order valence-corrected chi connectivity index (χ2v) is 10.8. The highest BCUT2D eigenvalue weighted by Crippen LogP contribution is 2.37. The van der Waals surface area contributed by atoms with E-state index < -0.39 is 0 Å². The summed E-state index contributed by atoms with van der Waals surface area (Å²) in [4.78, 5) is 33.0. The number of nitrogens with zero attached hydrogens (tertiary/aromatic N) is 2. The van der Waals surface area contributed by atoms with E-state index in [4.69, 9.17) is 4.98 Å². The first-order valence-corrected chi connectivity index (χ1v) is 12.3. The maximum Gasteiger partial charge on any atom is 0.263 e. The van der Waals surface area contributed by atoms with Crippen molar-refractivity contribution in [1.29, 1.82) is 0 Å². The van der Waals surface area contributed by atoms with Crippen LogP contribution in [0.15, 0.2) is 22.6 Å². The molecule has 29 heavy (non-hydrogen) atoms. The molecule has 0 radical (unpaired) electrons. The van der Waals surface area contributed by atoms with E-state index in [1.54, 1.807) is 22.0 Å². The van der Waals surface area contributed by atoms with Crippen molar-refractivity contribution < 1.29 is 4.79 Å². The lowest BCUT2D eigenvalue weighted by Gasteiger charge is -2.18. The SMILES string of the molecule is C=CCn1c(S[C@@H](C)C(=O)NC2CCCC2)nc2sc3c(c2c1=O)CC[C@@H](C)C3. The zero-order valence-electron chi connectivity index (χ0n) is 17.2. The molecule has 1 N–H and O–H groups in total. The molecule has 1 amide bonds. The van der Waals surface area contributed by atoms with Gasteiger partial charge in [0.15, 0.2) is 5.16 Å². The van der Waals surface area contributed by atoms with E-state index in [-0.39, 0.29) is 16.7 Å². The molecule has 7 heteroatoms. The number of carbonyl (C=O) groups is 1. The van der Waals surface area contributed by atoms with E-state index in [9.17, 15) is 9.59 Å². The molecule has 2 heterocycles. The van der Waals surface area contributed by atoms with Gasteiger partial charge < -0.3 is 5.32 Å². The number of thiophene rings is 1. The fourth-order valence-electron chi connectivity index (χ4n) is 4.39. The van der Waals surface area contributed by atoms with Gasteiger partial charge >= 0.3 is 0 Å². The molecule has 2 atom stereocenters. The Balaban J connectivity index is 1.66. The zero-order chi connectivity index (χ0) is 20.5. The largest absolute Gasteiger partial charge is 0.352 e. The average molecular weight is 432 g/mol. The van der Waals surface area contributed by atoms with Crippen LogP contribution in [-0.2, 0) is 24.2 Å². The highest BCUT2D eigenvalue weighted by molar-refractivity contribution is 8.00. The third kappa shape index (κ3) is 4.17. The van der Waals surface area contributed by atoms with Gasteiger partial charge in [-0.15, -0.1) is 17.9 Å². The fourth-order valence-corrected chi connectivity index (χ4v) is 6.74. The third-order valence-corrected chi connectivity index (χ3v) is 8.28. The molecule has 0 unspecified atom stereocenters. The van der Waals surface area contributed by atoms with Crippen molar-refractivity contribution in [3.63, 3.8) is 0 Å². The first-order chi connectivity index (χ1) is 14.0. The Labute approximate surface area is 180 Å². The third-order valence-electron chi connectivity index (χ3n) is 6.04. The topological polar surface area (TPSA) is 64.0 Å². The maximum absolute atomic E-state index is 13.4. The van der Waals surface area contributed by atoms with Gasteiger partial charge in [0.25, 0.3) is 5.56 Å². The van der Waals surface area contributed by atoms with Gasteiger partial charge in [-0.3, -0.25) is 14.2 Å². The Morgan fingerprint density at radius 2 is 2.17 bits per heavy atom. The molecule has 0 aliphatic heterocycles. The van der Waals surface area contributed by atoms with Gasteiger partial charge in [0, 0.05) is 17.5 Å². The molecule has 2 aromatic rings. The maximum atomic E-state index is 13.4. The van der Waals surface area contributed by atoms with Gasteiger partial charge in [0.05, 0.1) is 10.6 Å². The summed E-state index contributed by atoms with van der Waals surface area (Å²) >= 11 is 3.03. The van der Waals surface area contributed by atoms with Gasteiger partial charge in [-0.25, -0.2) is 4.98 Å². The molecule has 1 fully saturated rings. The molecule has 2 aliphatic carbocycles. The lowest BCUT2D eigenvalue weighted by Crippen LogP contribution is -2.38. The van der Waals surface area contributed by atoms with Crippen LogP contribution in [0.5, 0.6) is 0 Å². The molecular formula is C22H29N3O2S2. The molecule has 4 rings (SSSR count). The van der Waals surface area contributed by atoms with Crippen LogP contribution in [0.2, 0.25) is 0 Å². The van der Waals surface area contributed by atoms with Gasteiger partial charge in [-0.1, -0.05) is 37.6 Å². The number of amides is 1. The second-order valence-electron chi connectivity index (χ2n) is 8.38. The van der Waals surface area contributed by atoms with Crippen molar-refractivity contribution in [3.8, 4) is 0 Å². The number of nitrogens with one attached hydrogen (secondary N) is 1. The summed E-state index contributed by atoms with van der Waals surface area (Å²) in [6.45, 7) is 8.38. The van der Waals surface area contributed by atoms with E-state index in [0.29, 0.717) is 23.7 Å². The Hall–Kier alpha value is -1.60. The Bertz CT molecular complexity index is 988. The van der Waals surface area contributed by atoms with Crippen molar-refractivity contribution >= 4 is 39.2 Å². The molecule has 2 aliphatic rings. The molecule has 0 aromatic carbocycles. The van der Waals surface area contributed by atoms with Crippen molar-refractivity contribution in [1.82, 2.24) is 14.9 Å². The van der Waals surface area contributed by atoms with Gasteiger partial charge in [0.2, 0.25) is 5.91 Å². The van der Waals surface area contributed by atoms with Gasteiger partial charge in [-0.05, 0) is 50.5 Å². The van der Waals surface area contributed by atoms with Crippen LogP contribution in [0.25, 0.3) is 10.2 Å². The van der Waals surface area contributed by atoms with Crippen LogP contribution in [0.1, 0.15) is 56.4 Å². The number of carbonyl (C=O) groups excluding carboxylic acids is 1. The van der Waals surface area contributed by atoms with Crippen LogP contribution in [0, 0.1) is 5.92 Å². The van der Waals surface area contributed by atoms with E-state index in [1.165, 1.54) is 35.0 Å². The fraction of sp³-hybridized carbons (Fsp3) is 0.591. The van der Waals surface area contributed by atoms with E-state index in [2.05, 4.69) is 18.8 Å². The van der Waals surface area contributed by atoms with Crippen LogP contribution >= 0.6 is 23.1 Å². The highest BCUT2D eigenvalue weighted by Gasteiger charge is 2.27. The number of aryl methyl sites for hydroxylation is 1. The Kier molecular flexibility index (Phi) is 6.16. The first-order valence-electron chi connectivity index (χ1n) is 10.6. The van der Waals surface area contributed by atoms with Crippen molar-refractivity contribution in [2.45, 2.75) is 81.8 Å². The number of thioether (sulfide) groups is 1. The molecule has 1 saturated carbocycles. The number of allylic oxidation sites excluding steroid dienone is 1. The normalized spacial score (nSPS) is 20.6. The molecular weight excluding hydrogens is 402 g/mol. The minimum atomic E-state index is -0.300. The molecule has 5 nitrogen and oxygen atoms in total. The molecule has 0 spiro atoms. The van der Waals surface area contributed by atoms with Crippen molar-refractivity contribution in [3.05, 3.63) is 33.4 Å². The zero-order valence-corrected chi connectivity index (χ0v) is 18.8. The summed E-state index contributed by atoms with van der Waals surface area (Å²) < 4.78 is 1.68. The molecule has 156 valence electrons. The number of rotatable bonds is 6. The predicted octanol–water partition coefficient (Wildman–Crippen LogP) is 4.31. The predicted molar refractivity (Wildman–Crippen MR) is 121 cm³/mol. The second kappa shape index (κ2) is 8.64. The molecule has 0 saturated heterocycles. The monoisotopic (exact) mass is 431 g/mol. The number of hydrogen-bond acceptors (Lipinski definition) is 5. The first kappa shape index (κ1) is 20.7. The number of fused-ring (bicyclic) bond motifs is 3. The lowest BCUT2D eigenvalue weighted by molar-refractivity contribution is -0.120. The smallest absolute Gasteiger partial charge is 0.263 e. The minimum absolute atomic E-state index is 0.00727. The van der Waals surface area contributed by atoms with E-state index in [0.717, 1.165) is 42.3 Å². The summed E-state index contributed by atoms with van der Waals surface area (Å²) in [6.07, 6.45) is 9.32. The van der Waals surface area contributed by atoms with Crippen LogP contribution in [0.4, 0.5) is 0 Å². The van der Waals surface area contributed by atoms with Crippen LogP contribution < -0.4 is 10.9 Å². The molecule has 0 bridgehead atoms. The number of hydrogen-bond donors (Lipinski definition) is 1. The average Bonchev–Trinajstić information content (AvgIpc) is 3.31. The summed E-state index contributed by atoms with van der Waals surface area (Å²) in [7, 11) is 0. The van der Waals surface area contributed by atoms with Gasteiger partial charge in [-0.2, -0.15) is 0 Å². The van der Waals surface area contributed by atoms with E-state index >= 15 is 0 Å². The molecule has 2 aromatic heterocycles. The van der Waals surface area contributed by atoms with Gasteiger partial charge in [0.1, 0.15) is 4.83 Å².